The first-order chi connectivity index (χ1) is 14.6. The first kappa shape index (κ1) is 21.0. The lowest BCUT2D eigenvalue weighted by atomic mass is 9.93. The summed E-state index contributed by atoms with van der Waals surface area (Å²) in [5, 5.41) is 4.83. The van der Waals surface area contributed by atoms with Crippen LogP contribution < -0.4 is 10.1 Å². The van der Waals surface area contributed by atoms with Crippen LogP contribution in [0.5, 0.6) is 5.75 Å². The first-order valence-electron chi connectivity index (χ1n) is 10.7. The van der Waals surface area contributed by atoms with E-state index >= 15 is 0 Å². The van der Waals surface area contributed by atoms with Gasteiger partial charge < -0.3 is 14.5 Å². The molecule has 4 rings (SSSR count). The molecule has 30 heavy (non-hydrogen) atoms. The van der Waals surface area contributed by atoms with Crippen LogP contribution in [0.2, 0.25) is 5.22 Å². The molecule has 0 spiro atoms. The molecular weight excluding hydrogens is 396 g/mol. The fourth-order valence-electron chi connectivity index (χ4n) is 4.09. The summed E-state index contributed by atoms with van der Waals surface area (Å²) in [6, 6.07) is 16.6. The lowest BCUT2D eigenvalue weighted by Gasteiger charge is -2.26. The van der Waals surface area contributed by atoms with Crippen LogP contribution in [0.15, 0.2) is 52.9 Å². The number of nitrogens with zero attached hydrogens (tertiary/aromatic N) is 1. The molecule has 0 unspecified atom stereocenters. The van der Waals surface area contributed by atoms with Gasteiger partial charge in [-0.15, -0.1) is 0 Å². The van der Waals surface area contributed by atoms with E-state index in [0.717, 1.165) is 62.5 Å². The van der Waals surface area contributed by atoms with Gasteiger partial charge in [-0.1, -0.05) is 25.1 Å². The van der Waals surface area contributed by atoms with Crippen molar-refractivity contribution in [2.24, 2.45) is 0 Å². The first-order valence-corrected chi connectivity index (χ1v) is 11.1. The van der Waals surface area contributed by atoms with Gasteiger partial charge in [-0.05, 0) is 71.5 Å². The Hall–Kier alpha value is -2.27. The molecule has 158 valence electrons. The van der Waals surface area contributed by atoms with Crippen LogP contribution in [-0.4, -0.2) is 44.2 Å². The predicted octanol–water partition coefficient (Wildman–Crippen LogP) is 5.71. The molecule has 0 saturated carbocycles. The van der Waals surface area contributed by atoms with Gasteiger partial charge in [0.05, 0.1) is 0 Å². The number of piperazine rings is 1. The van der Waals surface area contributed by atoms with Crippen molar-refractivity contribution in [2.75, 3.05) is 39.3 Å². The van der Waals surface area contributed by atoms with Crippen molar-refractivity contribution < 1.29 is 9.15 Å². The zero-order chi connectivity index (χ0) is 20.9. The lowest BCUT2D eigenvalue weighted by molar-refractivity contribution is 0.191. The Morgan fingerprint density at radius 3 is 2.53 bits per heavy atom. The molecule has 0 aliphatic carbocycles. The zero-order valence-corrected chi connectivity index (χ0v) is 18.5. The highest BCUT2D eigenvalue weighted by atomic mass is 35.5. The van der Waals surface area contributed by atoms with E-state index in [4.69, 9.17) is 20.8 Å². The van der Waals surface area contributed by atoms with Gasteiger partial charge in [0.15, 0.2) is 5.22 Å². The summed E-state index contributed by atoms with van der Waals surface area (Å²) in [5.74, 6) is 0.925. The van der Waals surface area contributed by atoms with E-state index in [1.165, 1.54) is 22.3 Å². The Bertz CT molecular complexity index is 1020. The molecule has 1 N–H and O–H groups in total. The van der Waals surface area contributed by atoms with Gasteiger partial charge in [0, 0.05) is 44.2 Å². The van der Waals surface area contributed by atoms with Crippen molar-refractivity contribution in [3.63, 3.8) is 0 Å². The third-order valence-electron chi connectivity index (χ3n) is 5.81. The SMILES string of the molecule is CC/C(=C(\C)c1ccc(OCCN2CCNCC2)cc1)c1ccc2oc(Cl)cc2c1. The smallest absolute Gasteiger partial charge is 0.194 e. The Kier molecular flexibility index (Phi) is 6.78. The second kappa shape index (κ2) is 9.69. The summed E-state index contributed by atoms with van der Waals surface area (Å²) in [6.45, 7) is 10.4. The van der Waals surface area contributed by atoms with Gasteiger partial charge in [-0.25, -0.2) is 0 Å². The van der Waals surface area contributed by atoms with E-state index < -0.39 is 0 Å². The molecule has 1 aromatic heterocycles. The van der Waals surface area contributed by atoms with Gasteiger partial charge in [0.1, 0.15) is 17.9 Å². The largest absolute Gasteiger partial charge is 0.492 e. The quantitative estimate of drug-likeness (QED) is 0.493. The molecule has 4 nitrogen and oxygen atoms in total. The highest BCUT2D eigenvalue weighted by Gasteiger charge is 2.11. The van der Waals surface area contributed by atoms with Crippen LogP contribution in [0.3, 0.4) is 0 Å². The molecule has 1 fully saturated rings. The second-order valence-corrected chi connectivity index (χ2v) is 8.10. The molecule has 0 amide bonds. The fourth-order valence-corrected chi connectivity index (χ4v) is 4.29. The predicted molar refractivity (Wildman–Crippen MR) is 125 cm³/mol. The van der Waals surface area contributed by atoms with Crippen molar-refractivity contribution in [1.29, 1.82) is 0 Å². The monoisotopic (exact) mass is 424 g/mol. The fraction of sp³-hybridized carbons (Fsp3) is 0.360. The third kappa shape index (κ3) is 4.89. The molecular formula is C25H29ClN2O2. The van der Waals surface area contributed by atoms with Gasteiger partial charge in [-0.3, -0.25) is 4.90 Å². The highest BCUT2D eigenvalue weighted by Crippen LogP contribution is 2.32. The summed E-state index contributed by atoms with van der Waals surface area (Å²) < 4.78 is 11.5. The maximum absolute atomic E-state index is 6.01. The van der Waals surface area contributed by atoms with Crippen molar-refractivity contribution in [1.82, 2.24) is 10.2 Å². The molecule has 5 heteroatoms. The number of hydrogen-bond donors (Lipinski definition) is 1. The summed E-state index contributed by atoms with van der Waals surface area (Å²) in [6.07, 6.45) is 0.950. The second-order valence-electron chi connectivity index (χ2n) is 7.72. The third-order valence-corrected chi connectivity index (χ3v) is 6.00. The number of fused-ring (bicyclic) bond motifs is 1. The number of furan rings is 1. The van der Waals surface area contributed by atoms with Gasteiger partial charge in [0.2, 0.25) is 0 Å². The van der Waals surface area contributed by atoms with Gasteiger partial charge >= 0.3 is 0 Å². The van der Waals surface area contributed by atoms with Gasteiger partial charge in [-0.2, -0.15) is 0 Å². The Morgan fingerprint density at radius 1 is 1.07 bits per heavy atom. The van der Waals surface area contributed by atoms with Crippen molar-refractivity contribution >= 4 is 33.7 Å². The van der Waals surface area contributed by atoms with E-state index in [0.29, 0.717) is 5.22 Å². The summed E-state index contributed by atoms with van der Waals surface area (Å²) in [7, 11) is 0. The molecule has 1 aliphatic rings. The molecule has 1 saturated heterocycles. The Labute approximate surface area is 183 Å². The number of ether oxygens (including phenoxy) is 1. The minimum Gasteiger partial charge on any atom is -0.492 e. The molecule has 0 radical (unpaired) electrons. The Morgan fingerprint density at radius 2 is 1.80 bits per heavy atom. The maximum atomic E-state index is 6.01. The summed E-state index contributed by atoms with van der Waals surface area (Å²) >= 11 is 6.01. The normalized spacial score (nSPS) is 16.0. The molecule has 3 aromatic rings. The van der Waals surface area contributed by atoms with Gasteiger partial charge in [0.25, 0.3) is 0 Å². The minimum absolute atomic E-state index is 0.424. The average Bonchev–Trinajstić information content (AvgIpc) is 3.15. The number of rotatable bonds is 7. The van der Waals surface area contributed by atoms with E-state index in [-0.39, 0.29) is 0 Å². The standard InChI is InChI=1S/C25H29ClN2O2/c1-3-23(20-6-9-24-21(16-20)17-25(26)30-24)18(2)19-4-7-22(8-5-19)29-15-14-28-12-10-27-11-13-28/h4-9,16-17,27H,3,10-15H2,1-2H3/b23-18-. The van der Waals surface area contributed by atoms with Crippen LogP contribution in [-0.2, 0) is 0 Å². The number of benzene rings is 2. The topological polar surface area (TPSA) is 37.6 Å². The van der Waals surface area contributed by atoms with Crippen LogP contribution in [0.25, 0.3) is 22.1 Å². The highest BCUT2D eigenvalue weighted by molar-refractivity contribution is 6.29. The van der Waals surface area contributed by atoms with E-state index in [2.05, 4.69) is 60.5 Å². The molecule has 0 bridgehead atoms. The molecule has 0 atom stereocenters. The molecule has 2 aromatic carbocycles. The van der Waals surface area contributed by atoms with Crippen molar-refractivity contribution in [2.45, 2.75) is 20.3 Å². The van der Waals surface area contributed by atoms with E-state index in [1.807, 2.05) is 12.1 Å². The van der Waals surface area contributed by atoms with Crippen LogP contribution in [0.1, 0.15) is 31.4 Å². The summed E-state index contributed by atoms with van der Waals surface area (Å²) in [4.78, 5) is 2.44. The number of hydrogen-bond acceptors (Lipinski definition) is 4. The number of nitrogens with one attached hydrogen (secondary N) is 1. The average molecular weight is 425 g/mol. The number of halogens is 1. The summed E-state index contributed by atoms with van der Waals surface area (Å²) in [5.41, 5.74) is 5.84. The van der Waals surface area contributed by atoms with Crippen molar-refractivity contribution in [3.05, 3.63) is 64.9 Å². The van der Waals surface area contributed by atoms with E-state index in [1.54, 1.807) is 0 Å². The van der Waals surface area contributed by atoms with Crippen LogP contribution in [0.4, 0.5) is 0 Å². The van der Waals surface area contributed by atoms with Crippen molar-refractivity contribution in [3.8, 4) is 5.75 Å². The maximum Gasteiger partial charge on any atom is 0.194 e. The van der Waals surface area contributed by atoms with Crippen LogP contribution >= 0.6 is 11.6 Å². The number of allylic oxidation sites excluding steroid dienone is 2. The minimum atomic E-state index is 0.424. The lowest BCUT2D eigenvalue weighted by Crippen LogP contribution is -2.44. The zero-order valence-electron chi connectivity index (χ0n) is 17.7. The molecule has 2 heterocycles. The molecule has 1 aliphatic heterocycles. The van der Waals surface area contributed by atoms with E-state index in [9.17, 15) is 0 Å². The Balaban J connectivity index is 1.46. The van der Waals surface area contributed by atoms with Crippen LogP contribution in [0, 0.1) is 0 Å².